The van der Waals surface area contributed by atoms with Crippen LogP contribution in [0.1, 0.15) is 37.4 Å². The Morgan fingerprint density at radius 3 is 2.84 bits per heavy atom. The van der Waals surface area contributed by atoms with Gasteiger partial charge in [0.2, 0.25) is 0 Å². The Balaban J connectivity index is 2.04. The minimum Gasteiger partial charge on any atom is -0.313 e. The number of aryl methyl sites for hydroxylation is 1. The molecule has 5 heteroatoms. The zero-order valence-electron chi connectivity index (χ0n) is 11.6. The number of nitrogens with one attached hydrogen (secondary N) is 1. The third-order valence-electron chi connectivity index (χ3n) is 3.61. The molecule has 0 amide bonds. The van der Waals surface area contributed by atoms with E-state index in [1.807, 2.05) is 6.07 Å². The Bertz CT molecular complexity index is 458. The molecule has 0 aliphatic heterocycles. The highest BCUT2D eigenvalue weighted by molar-refractivity contribution is 5.37. The van der Waals surface area contributed by atoms with Crippen molar-refractivity contribution in [3.05, 3.63) is 33.6 Å². The van der Waals surface area contributed by atoms with Gasteiger partial charge in [-0.3, -0.25) is 15.1 Å². The quantitative estimate of drug-likeness (QED) is 0.606. The van der Waals surface area contributed by atoms with Crippen LogP contribution in [-0.2, 0) is 6.42 Å². The van der Waals surface area contributed by atoms with Crippen LogP contribution in [0.4, 0.5) is 5.69 Å². The van der Waals surface area contributed by atoms with E-state index in [0.29, 0.717) is 11.6 Å². The molecule has 0 aromatic carbocycles. The van der Waals surface area contributed by atoms with E-state index in [1.54, 1.807) is 6.92 Å². The van der Waals surface area contributed by atoms with E-state index < -0.39 is 0 Å². The predicted molar refractivity (Wildman–Crippen MR) is 74.1 cm³/mol. The fourth-order valence-corrected chi connectivity index (χ4v) is 2.37. The lowest BCUT2D eigenvalue weighted by molar-refractivity contribution is -0.385. The summed E-state index contributed by atoms with van der Waals surface area (Å²) in [4.78, 5) is 14.6. The van der Waals surface area contributed by atoms with Gasteiger partial charge in [-0.25, -0.2) is 0 Å². The van der Waals surface area contributed by atoms with Gasteiger partial charge in [0.25, 0.3) is 5.69 Å². The average molecular weight is 263 g/mol. The van der Waals surface area contributed by atoms with E-state index in [-0.39, 0.29) is 10.6 Å². The van der Waals surface area contributed by atoms with Crippen LogP contribution >= 0.6 is 0 Å². The van der Waals surface area contributed by atoms with Crippen LogP contribution in [-0.4, -0.2) is 22.5 Å². The molecular weight excluding hydrogens is 242 g/mol. The van der Waals surface area contributed by atoms with Crippen molar-refractivity contribution in [2.75, 3.05) is 6.54 Å². The highest BCUT2D eigenvalue weighted by Gasteiger charge is 2.31. The van der Waals surface area contributed by atoms with E-state index in [4.69, 9.17) is 0 Å². The van der Waals surface area contributed by atoms with Crippen molar-refractivity contribution in [2.45, 2.75) is 45.6 Å². The topological polar surface area (TPSA) is 68.1 Å². The predicted octanol–water partition coefficient (Wildman–Crippen LogP) is 2.62. The van der Waals surface area contributed by atoms with Crippen LogP contribution in [0, 0.1) is 23.0 Å². The molecule has 1 heterocycles. The number of pyridine rings is 1. The molecule has 5 nitrogen and oxygen atoms in total. The Kier molecular flexibility index (Phi) is 4.47. The largest absolute Gasteiger partial charge is 0.313 e. The molecule has 1 aliphatic rings. The maximum atomic E-state index is 10.8. The summed E-state index contributed by atoms with van der Waals surface area (Å²) in [5.74, 6) is 0.754. The second-order valence-electron chi connectivity index (χ2n) is 5.32. The molecule has 0 saturated heterocycles. The van der Waals surface area contributed by atoms with Gasteiger partial charge in [0.15, 0.2) is 0 Å². The van der Waals surface area contributed by atoms with Crippen molar-refractivity contribution in [3.63, 3.8) is 0 Å². The molecule has 0 bridgehead atoms. The number of hydrogen-bond acceptors (Lipinski definition) is 4. The molecule has 1 saturated carbocycles. The van der Waals surface area contributed by atoms with Crippen LogP contribution in [0.3, 0.4) is 0 Å². The first-order valence-electron chi connectivity index (χ1n) is 6.95. The van der Waals surface area contributed by atoms with Crippen molar-refractivity contribution in [2.24, 2.45) is 5.92 Å². The average Bonchev–Trinajstić information content (AvgIpc) is 3.18. The molecule has 0 radical (unpaired) electrons. The normalized spacial score (nSPS) is 16.3. The first-order valence-corrected chi connectivity index (χ1v) is 6.95. The summed E-state index contributed by atoms with van der Waals surface area (Å²) >= 11 is 0. The molecule has 1 fully saturated rings. The molecule has 1 aromatic rings. The summed E-state index contributed by atoms with van der Waals surface area (Å²) in [6.45, 7) is 4.95. The molecule has 1 atom stereocenters. The Labute approximate surface area is 113 Å². The Hall–Kier alpha value is -1.49. The van der Waals surface area contributed by atoms with Crippen molar-refractivity contribution < 1.29 is 4.92 Å². The minimum atomic E-state index is -0.375. The SMILES string of the molecule is CCCNC(Cc1cc(C)c([N+](=O)[O-])cn1)C1CC1. The summed E-state index contributed by atoms with van der Waals surface area (Å²) in [6, 6.07) is 2.31. The molecule has 1 aliphatic carbocycles. The molecule has 1 aromatic heterocycles. The third kappa shape index (κ3) is 3.73. The number of nitro groups is 1. The summed E-state index contributed by atoms with van der Waals surface area (Å²) < 4.78 is 0. The van der Waals surface area contributed by atoms with E-state index in [9.17, 15) is 10.1 Å². The second kappa shape index (κ2) is 6.10. The van der Waals surface area contributed by atoms with Gasteiger partial charge in [-0.1, -0.05) is 6.92 Å². The zero-order chi connectivity index (χ0) is 13.8. The monoisotopic (exact) mass is 263 g/mol. The van der Waals surface area contributed by atoms with Crippen LogP contribution in [0.2, 0.25) is 0 Å². The molecule has 19 heavy (non-hydrogen) atoms. The van der Waals surface area contributed by atoms with E-state index >= 15 is 0 Å². The summed E-state index contributed by atoms with van der Waals surface area (Å²) in [6.07, 6.45) is 5.94. The van der Waals surface area contributed by atoms with Gasteiger partial charge in [-0.2, -0.15) is 0 Å². The van der Waals surface area contributed by atoms with Gasteiger partial charge in [0.05, 0.1) is 4.92 Å². The van der Waals surface area contributed by atoms with Crippen LogP contribution < -0.4 is 5.32 Å². The number of nitrogens with zero attached hydrogens (tertiary/aromatic N) is 2. The molecular formula is C14H21N3O2. The van der Waals surface area contributed by atoms with Crippen LogP contribution in [0.5, 0.6) is 0 Å². The van der Waals surface area contributed by atoms with Crippen molar-refractivity contribution in [3.8, 4) is 0 Å². The lowest BCUT2D eigenvalue weighted by Gasteiger charge is -2.17. The third-order valence-corrected chi connectivity index (χ3v) is 3.61. The summed E-state index contributed by atoms with van der Waals surface area (Å²) in [5, 5.41) is 14.3. The zero-order valence-corrected chi connectivity index (χ0v) is 11.6. The lowest BCUT2D eigenvalue weighted by atomic mass is 10.0. The second-order valence-corrected chi connectivity index (χ2v) is 5.32. The summed E-state index contributed by atoms with van der Waals surface area (Å²) in [5.41, 5.74) is 1.75. The first kappa shape index (κ1) is 13.9. The van der Waals surface area contributed by atoms with E-state index in [2.05, 4.69) is 17.2 Å². The molecule has 104 valence electrons. The number of rotatable bonds is 7. The van der Waals surface area contributed by atoms with Gasteiger partial charge in [-0.05, 0) is 44.7 Å². The molecule has 2 rings (SSSR count). The number of aromatic nitrogens is 1. The lowest BCUT2D eigenvalue weighted by Crippen LogP contribution is -2.34. The van der Waals surface area contributed by atoms with Crippen molar-refractivity contribution in [1.29, 1.82) is 0 Å². The van der Waals surface area contributed by atoms with Crippen molar-refractivity contribution >= 4 is 5.69 Å². The van der Waals surface area contributed by atoms with Gasteiger partial charge in [0, 0.05) is 23.7 Å². The van der Waals surface area contributed by atoms with E-state index in [0.717, 1.165) is 31.0 Å². The molecule has 0 spiro atoms. The van der Waals surface area contributed by atoms with Crippen LogP contribution in [0.25, 0.3) is 0 Å². The highest BCUT2D eigenvalue weighted by atomic mass is 16.6. The van der Waals surface area contributed by atoms with Crippen molar-refractivity contribution in [1.82, 2.24) is 10.3 Å². The fourth-order valence-electron chi connectivity index (χ4n) is 2.37. The Morgan fingerprint density at radius 2 is 2.32 bits per heavy atom. The van der Waals surface area contributed by atoms with Gasteiger partial charge >= 0.3 is 0 Å². The van der Waals surface area contributed by atoms with Gasteiger partial charge < -0.3 is 5.32 Å². The van der Waals surface area contributed by atoms with Gasteiger partial charge in [0.1, 0.15) is 6.20 Å². The Morgan fingerprint density at radius 1 is 1.58 bits per heavy atom. The van der Waals surface area contributed by atoms with E-state index in [1.165, 1.54) is 19.0 Å². The maximum absolute atomic E-state index is 10.8. The standard InChI is InChI=1S/C14H21N3O2/c1-3-6-15-13(11-4-5-11)8-12-7-10(2)14(9-16-12)17(18)19/h7,9,11,13,15H,3-6,8H2,1-2H3. The number of hydrogen-bond donors (Lipinski definition) is 1. The highest BCUT2D eigenvalue weighted by Crippen LogP contribution is 2.34. The maximum Gasteiger partial charge on any atom is 0.290 e. The molecule has 1 unspecified atom stereocenters. The van der Waals surface area contributed by atoms with Crippen LogP contribution in [0.15, 0.2) is 12.3 Å². The fraction of sp³-hybridized carbons (Fsp3) is 0.643. The van der Waals surface area contributed by atoms with Gasteiger partial charge in [-0.15, -0.1) is 0 Å². The summed E-state index contributed by atoms with van der Waals surface area (Å²) in [7, 11) is 0. The first-order chi connectivity index (χ1) is 9.11. The molecule has 1 N–H and O–H groups in total. The smallest absolute Gasteiger partial charge is 0.290 e. The minimum absolute atomic E-state index is 0.105.